The highest BCUT2D eigenvalue weighted by Gasteiger charge is 2.20. The van der Waals surface area contributed by atoms with Crippen LogP contribution in [0.15, 0.2) is 148 Å². The number of anilines is 3. The lowest BCUT2D eigenvalue weighted by Gasteiger charge is -2.27. The number of para-hydroxylation sites is 2. The Morgan fingerprint density at radius 1 is 0.341 bits per heavy atom. The average molecular weight is 526 g/mol. The zero-order chi connectivity index (χ0) is 26.9. The molecule has 9 rings (SSSR count). The highest BCUT2D eigenvalue weighted by Crippen LogP contribution is 2.44. The van der Waals surface area contributed by atoms with Gasteiger partial charge in [-0.15, -0.1) is 0 Å². The summed E-state index contributed by atoms with van der Waals surface area (Å²) in [5.41, 5.74) is 6.82. The quantitative estimate of drug-likeness (QED) is 0.215. The van der Waals surface area contributed by atoms with Crippen molar-refractivity contribution in [3.8, 4) is 0 Å². The Bertz CT molecular complexity index is 2330. The maximum absolute atomic E-state index is 6.19. The van der Waals surface area contributed by atoms with Crippen LogP contribution in [-0.2, 0) is 0 Å². The molecule has 0 unspecified atom stereocenters. The number of benzene rings is 7. The first-order valence-corrected chi connectivity index (χ1v) is 13.9. The number of hydrogen-bond donors (Lipinski definition) is 0. The van der Waals surface area contributed by atoms with E-state index in [0.29, 0.717) is 0 Å². The molecule has 0 N–H and O–H groups in total. The molecule has 0 radical (unpaired) electrons. The Morgan fingerprint density at radius 3 is 1.41 bits per heavy atom. The molecule has 0 fully saturated rings. The van der Waals surface area contributed by atoms with Crippen molar-refractivity contribution in [2.45, 2.75) is 0 Å². The van der Waals surface area contributed by atoms with Gasteiger partial charge < -0.3 is 13.7 Å². The molecule has 0 aliphatic heterocycles. The topological polar surface area (TPSA) is 29.5 Å². The van der Waals surface area contributed by atoms with Gasteiger partial charge in [0.25, 0.3) is 0 Å². The molecule has 2 aromatic heterocycles. The monoisotopic (exact) mass is 525 g/mol. The summed E-state index contributed by atoms with van der Waals surface area (Å²) in [4.78, 5) is 2.37. The molecule has 0 atom stereocenters. The summed E-state index contributed by atoms with van der Waals surface area (Å²) in [6, 6.07) is 49.1. The third kappa shape index (κ3) is 3.33. The Balaban J connectivity index is 1.38. The Kier molecular flexibility index (Phi) is 4.61. The van der Waals surface area contributed by atoms with Crippen LogP contribution in [0.1, 0.15) is 0 Å². The van der Waals surface area contributed by atoms with Gasteiger partial charge in [0.15, 0.2) is 0 Å². The Labute approximate surface area is 235 Å². The van der Waals surface area contributed by atoms with E-state index in [2.05, 4.69) is 120 Å². The van der Waals surface area contributed by atoms with Crippen LogP contribution in [0.4, 0.5) is 17.1 Å². The van der Waals surface area contributed by atoms with Crippen molar-refractivity contribution in [2.75, 3.05) is 4.90 Å². The number of hydrogen-bond acceptors (Lipinski definition) is 3. The van der Waals surface area contributed by atoms with Gasteiger partial charge in [0, 0.05) is 38.3 Å². The molecule has 0 saturated heterocycles. The van der Waals surface area contributed by atoms with Gasteiger partial charge in [0.1, 0.15) is 22.3 Å². The van der Waals surface area contributed by atoms with Crippen molar-refractivity contribution in [3.05, 3.63) is 140 Å². The largest absolute Gasteiger partial charge is 0.456 e. The van der Waals surface area contributed by atoms with Crippen LogP contribution in [0, 0.1) is 0 Å². The first-order valence-electron chi connectivity index (χ1n) is 13.9. The van der Waals surface area contributed by atoms with Crippen LogP contribution in [-0.4, -0.2) is 0 Å². The van der Waals surface area contributed by atoms with Gasteiger partial charge in [-0.05, 0) is 70.8 Å². The number of fused-ring (bicyclic) bond motifs is 9. The average Bonchev–Trinajstić information content (AvgIpc) is 3.59. The Morgan fingerprint density at radius 2 is 0.805 bits per heavy atom. The third-order valence-corrected chi connectivity index (χ3v) is 8.22. The molecule has 0 saturated carbocycles. The molecule has 2 heterocycles. The highest BCUT2D eigenvalue weighted by molar-refractivity contribution is 6.16. The van der Waals surface area contributed by atoms with Crippen LogP contribution in [0.25, 0.3) is 65.4 Å². The Hall–Kier alpha value is -5.54. The summed E-state index contributed by atoms with van der Waals surface area (Å²) >= 11 is 0. The minimum Gasteiger partial charge on any atom is -0.456 e. The minimum absolute atomic E-state index is 0.884. The van der Waals surface area contributed by atoms with Crippen molar-refractivity contribution in [3.63, 3.8) is 0 Å². The van der Waals surface area contributed by atoms with Gasteiger partial charge in [0.05, 0.1) is 5.69 Å². The zero-order valence-corrected chi connectivity index (χ0v) is 22.0. The molecule has 9 aromatic rings. The number of furan rings is 2. The second-order valence-corrected chi connectivity index (χ2v) is 10.6. The first-order chi connectivity index (χ1) is 20.3. The van der Waals surface area contributed by atoms with E-state index in [1.807, 2.05) is 24.3 Å². The first kappa shape index (κ1) is 22.3. The van der Waals surface area contributed by atoms with Crippen LogP contribution < -0.4 is 4.90 Å². The molecule has 41 heavy (non-hydrogen) atoms. The maximum Gasteiger partial charge on any atom is 0.135 e. The normalized spacial score (nSPS) is 11.9. The van der Waals surface area contributed by atoms with Crippen molar-refractivity contribution in [1.29, 1.82) is 0 Å². The minimum atomic E-state index is 0.884. The summed E-state index contributed by atoms with van der Waals surface area (Å²) in [5.74, 6) is 0. The lowest BCUT2D eigenvalue weighted by Crippen LogP contribution is -2.10. The van der Waals surface area contributed by atoms with E-state index in [4.69, 9.17) is 8.83 Å². The maximum atomic E-state index is 6.19. The SMILES string of the molecule is c1ccc2c(c1)cc(N(c1ccc3oc4ccccc4c3c1)c1ccc3oc4ccccc4c3c1)c1ccccc12. The zero-order valence-electron chi connectivity index (χ0n) is 22.0. The van der Waals surface area contributed by atoms with E-state index >= 15 is 0 Å². The van der Waals surface area contributed by atoms with E-state index < -0.39 is 0 Å². The van der Waals surface area contributed by atoms with Crippen LogP contribution in [0.2, 0.25) is 0 Å². The fourth-order valence-electron chi connectivity index (χ4n) is 6.35. The predicted molar refractivity (Wildman–Crippen MR) is 171 cm³/mol. The second kappa shape index (κ2) is 8.48. The molecule has 0 aliphatic rings. The summed E-state index contributed by atoms with van der Waals surface area (Å²) in [6.07, 6.45) is 0. The van der Waals surface area contributed by atoms with Gasteiger partial charge in [-0.1, -0.05) is 84.9 Å². The lowest BCUT2D eigenvalue weighted by atomic mass is 9.98. The highest BCUT2D eigenvalue weighted by atomic mass is 16.3. The smallest absolute Gasteiger partial charge is 0.135 e. The molecule has 7 aromatic carbocycles. The van der Waals surface area contributed by atoms with Crippen LogP contribution in [0.3, 0.4) is 0 Å². The van der Waals surface area contributed by atoms with Crippen molar-refractivity contribution in [1.82, 2.24) is 0 Å². The molecule has 0 spiro atoms. The van der Waals surface area contributed by atoms with Gasteiger partial charge in [0.2, 0.25) is 0 Å². The molecule has 0 aliphatic carbocycles. The summed E-state index contributed by atoms with van der Waals surface area (Å²) in [5, 5.41) is 9.31. The number of nitrogens with zero attached hydrogens (tertiary/aromatic N) is 1. The van der Waals surface area contributed by atoms with Gasteiger partial charge in [-0.3, -0.25) is 0 Å². The van der Waals surface area contributed by atoms with Crippen LogP contribution >= 0.6 is 0 Å². The fourth-order valence-corrected chi connectivity index (χ4v) is 6.35. The summed E-state index contributed by atoms with van der Waals surface area (Å²) in [6.45, 7) is 0. The van der Waals surface area contributed by atoms with Gasteiger partial charge in [-0.25, -0.2) is 0 Å². The van der Waals surface area contributed by atoms with E-state index in [1.54, 1.807) is 0 Å². The van der Waals surface area contributed by atoms with Crippen LogP contribution in [0.5, 0.6) is 0 Å². The van der Waals surface area contributed by atoms with Crippen molar-refractivity contribution in [2.24, 2.45) is 0 Å². The van der Waals surface area contributed by atoms with E-state index in [9.17, 15) is 0 Å². The lowest BCUT2D eigenvalue weighted by molar-refractivity contribution is 0.668. The van der Waals surface area contributed by atoms with Crippen molar-refractivity contribution >= 4 is 82.5 Å². The molecule has 192 valence electrons. The standard InChI is InChI=1S/C38H23NO2/c1-2-10-27-24(9-1)21-34(29-12-4-3-11-28(27)29)39(25-17-19-37-32(22-25)30-13-5-7-15-35(30)40-37)26-18-20-38-33(23-26)31-14-6-8-16-36(31)41-38/h1-23H. The van der Waals surface area contributed by atoms with Gasteiger partial charge >= 0.3 is 0 Å². The molecule has 0 bridgehead atoms. The van der Waals surface area contributed by atoms with E-state index in [-0.39, 0.29) is 0 Å². The molecule has 3 nitrogen and oxygen atoms in total. The number of rotatable bonds is 3. The fraction of sp³-hybridized carbons (Fsp3) is 0. The molecule has 3 heteroatoms. The molecule has 0 amide bonds. The second-order valence-electron chi connectivity index (χ2n) is 10.6. The third-order valence-electron chi connectivity index (χ3n) is 8.22. The van der Waals surface area contributed by atoms with Crippen molar-refractivity contribution < 1.29 is 8.83 Å². The van der Waals surface area contributed by atoms with E-state index in [1.165, 1.54) is 21.5 Å². The summed E-state index contributed by atoms with van der Waals surface area (Å²) < 4.78 is 12.4. The molecular formula is C38H23NO2. The van der Waals surface area contributed by atoms with Gasteiger partial charge in [-0.2, -0.15) is 0 Å². The van der Waals surface area contributed by atoms with E-state index in [0.717, 1.165) is 60.9 Å². The molecular weight excluding hydrogens is 502 g/mol. The predicted octanol–water partition coefficient (Wildman–Crippen LogP) is 11.3. The summed E-state index contributed by atoms with van der Waals surface area (Å²) in [7, 11) is 0.